The molecule has 3 amide bonds. The van der Waals surface area contributed by atoms with Crippen LogP contribution in [0, 0.1) is 6.92 Å². The van der Waals surface area contributed by atoms with Gasteiger partial charge in [-0.2, -0.15) is 0 Å². The van der Waals surface area contributed by atoms with E-state index in [1.54, 1.807) is 13.8 Å². The Bertz CT molecular complexity index is 655. The molecule has 0 heterocycles. The second kappa shape index (κ2) is 9.79. The lowest BCUT2D eigenvalue weighted by Crippen LogP contribution is -2.46. The molecule has 1 unspecified atom stereocenters. The number of benzene rings is 1. The number of amides is 3. The van der Waals surface area contributed by atoms with Crippen molar-refractivity contribution in [2.75, 3.05) is 6.61 Å². The van der Waals surface area contributed by atoms with Crippen molar-refractivity contribution in [2.45, 2.75) is 59.6 Å². The standard InChI is InChI=1S/C19H28N2O5/c1-11(2)15-8-7-13(5)9-16(15)25-10-17(22)26-14(6)18(23)21-19(24)20-12(3)4/h7-9,11-12,14H,10H2,1-6H3,(H2,20,21,23,24). The Morgan fingerprint density at radius 1 is 1.08 bits per heavy atom. The summed E-state index contributed by atoms with van der Waals surface area (Å²) in [7, 11) is 0. The van der Waals surface area contributed by atoms with Crippen molar-refractivity contribution >= 4 is 17.9 Å². The summed E-state index contributed by atoms with van der Waals surface area (Å²) < 4.78 is 10.6. The normalized spacial score (nSPS) is 11.8. The molecular formula is C19H28N2O5. The van der Waals surface area contributed by atoms with Gasteiger partial charge in [0.15, 0.2) is 12.7 Å². The largest absolute Gasteiger partial charge is 0.482 e. The zero-order valence-corrected chi connectivity index (χ0v) is 16.2. The highest BCUT2D eigenvalue weighted by molar-refractivity contribution is 5.97. The number of hydrogen-bond donors (Lipinski definition) is 2. The van der Waals surface area contributed by atoms with Crippen LogP contribution in [0.3, 0.4) is 0 Å². The maximum absolute atomic E-state index is 11.9. The molecule has 0 saturated heterocycles. The van der Waals surface area contributed by atoms with Gasteiger partial charge in [-0.15, -0.1) is 0 Å². The molecule has 0 aliphatic rings. The number of imide groups is 1. The van der Waals surface area contributed by atoms with E-state index in [2.05, 4.69) is 10.6 Å². The van der Waals surface area contributed by atoms with Crippen LogP contribution in [0.1, 0.15) is 51.7 Å². The summed E-state index contributed by atoms with van der Waals surface area (Å²) in [5.74, 6) is -0.529. The molecule has 0 bridgehead atoms. The minimum Gasteiger partial charge on any atom is -0.482 e. The fourth-order valence-corrected chi connectivity index (χ4v) is 2.18. The van der Waals surface area contributed by atoms with Gasteiger partial charge >= 0.3 is 12.0 Å². The van der Waals surface area contributed by atoms with Gasteiger partial charge in [-0.05, 0) is 50.8 Å². The van der Waals surface area contributed by atoms with Crippen molar-refractivity contribution in [2.24, 2.45) is 0 Å². The van der Waals surface area contributed by atoms with Gasteiger partial charge in [0.05, 0.1) is 0 Å². The number of ether oxygens (including phenoxy) is 2. The number of rotatable bonds is 7. The summed E-state index contributed by atoms with van der Waals surface area (Å²) in [5.41, 5.74) is 2.00. The first-order chi connectivity index (χ1) is 12.1. The van der Waals surface area contributed by atoms with Crippen LogP contribution >= 0.6 is 0 Å². The molecule has 1 aromatic carbocycles. The summed E-state index contributed by atoms with van der Waals surface area (Å²) in [6.45, 7) is 10.6. The fraction of sp³-hybridized carbons (Fsp3) is 0.526. The topological polar surface area (TPSA) is 93.7 Å². The summed E-state index contributed by atoms with van der Waals surface area (Å²) in [4.78, 5) is 35.3. The smallest absolute Gasteiger partial charge is 0.344 e. The molecule has 2 N–H and O–H groups in total. The highest BCUT2D eigenvalue weighted by atomic mass is 16.6. The van der Waals surface area contributed by atoms with Gasteiger partial charge in [0.2, 0.25) is 0 Å². The summed E-state index contributed by atoms with van der Waals surface area (Å²) in [5, 5.41) is 4.63. The lowest BCUT2D eigenvalue weighted by atomic mass is 10.0. The second-order valence-electron chi connectivity index (χ2n) is 6.73. The van der Waals surface area contributed by atoms with Crippen LogP contribution in [-0.2, 0) is 14.3 Å². The maximum Gasteiger partial charge on any atom is 0.344 e. The first-order valence-corrected chi connectivity index (χ1v) is 8.64. The van der Waals surface area contributed by atoms with Crippen LogP contribution in [0.25, 0.3) is 0 Å². The first-order valence-electron chi connectivity index (χ1n) is 8.64. The van der Waals surface area contributed by atoms with E-state index in [0.29, 0.717) is 5.75 Å². The van der Waals surface area contributed by atoms with Crippen LogP contribution < -0.4 is 15.4 Å². The van der Waals surface area contributed by atoms with E-state index in [9.17, 15) is 14.4 Å². The number of carbonyl (C=O) groups excluding carboxylic acids is 3. The lowest BCUT2D eigenvalue weighted by molar-refractivity contribution is -0.156. The third kappa shape index (κ3) is 7.13. The lowest BCUT2D eigenvalue weighted by Gasteiger charge is -2.16. The molecule has 7 nitrogen and oxygen atoms in total. The highest BCUT2D eigenvalue weighted by Gasteiger charge is 2.21. The van der Waals surface area contributed by atoms with E-state index in [4.69, 9.17) is 9.47 Å². The maximum atomic E-state index is 11.9. The highest BCUT2D eigenvalue weighted by Crippen LogP contribution is 2.27. The van der Waals surface area contributed by atoms with Crippen molar-refractivity contribution in [3.05, 3.63) is 29.3 Å². The van der Waals surface area contributed by atoms with Crippen LogP contribution in [-0.4, -0.2) is 36.7 Å². The molecule has 1 atom stereocenters. The predicted molar refractivity (Wildman–Crippen MR) is 98.1 cm³/mol. The van der Waals surface area contributed by atoms with Gasteiger partial charge in [-0.3, -0.25) is 10.1 Å². The van der Waals surface area contributed by atoms with Crippen molar-refractivity contribution in [3.63, 3.8) is 0 Å². The van der Waals surface area contributed by atoms with E-state index >= 15 is 0 Å². The van der Waals surface area contributed by atoms with E-state index in [-0.39, 0.29) is 18.6 Å². The predicted octanol–water partition coefficient (Wildman–Crippen LogP) is 2.66. The number of urea groups is 1. The molecule has 0 fully saturated rings. The molecule has 0 aromatic heterocycles. The Morgan fingerprint density at radius 3 is 2.31 bits per heavy atom. The van der Waals surface area contributed by atoms with Crippen LogP contribution in [0.2, 0.25) is 0 Å². The van der Waals surface area contributed by atoms with Crippen molar-refractivity contribution in [1.82, 2.24) is 10.6 Å². The quantitative estimate of drug-likeness (QED) is 0.726. The SMILES string of the molecule is Cc1ccc(C(C)C)c(OCC(=O)OC(C)C(=O)NC(=O)NC(C)C)c1. The van der Waals surface area contributed by atoms with Gasteiger partial charge in [0.25, 0.3) is 5.91 Å². The Morgan fingerprint density at radius 2 is 1.73 bits per heavy atom. The molecule has 1 rings (SSSR count). The number of hydrogen-bond acceptors (Lipinski definition) is 5. The second-order valence-corrected chi connectivity index (χ2v) is 6.73. The van der Waals surface area contributed by atoms with Crippen LogP contribution in [0.15, 0.2) is 18.2 Å². The summed E-state index contributed by atoms with van der Waals surface area (Å²) in [6, 6.07) is 5.05. The molecule has 0 radical (unpaired) electrons. The average Bonchev–Trinajstić information content (AvgIpc) is 2.51. The number of esters is 1. The monoisotopic (exact) mass is 364 g/mol. The number of aryl methyl sites for hydroxylation is 1. The Balaban J connectivity index is 2.55. The molecule has 0 aliphatic carbocycles. The third-order valence-electron chi connectivity index (χ3n) is 3.47. The number of nitrogens with one attached hydrogen (secondary N) is 2. The van der Waals surface area contributed by atoms with Crippen LogP contribution in [0.5, 0.6) is 5.75 Å². The van der Waals surface area contributed by atoms with E-state index in [0.717, 1.165) is 11.1 Å². The van der Waals surface area contributed by atoms with E-state index < -0.39 is 24.0 Å². The molecule has 1 aromatic rings. The van der Waals surface area contributed by atoms with Gasteiger partial charge in [-0.1, -0.05) is 26.0 Å². The van der Waals surface area contributed by atoms with E-state index in [1.165, 1.54) is 6.92 Å². The minimum atomic E-state index is -1.11. The number of carbonyl (C=O) groups is 3. The Labute approximate surface area is 154 Å². The molecule has 144 valence electrons. The third-order valence-corrected chi connectivity index (χ3v) is 3.47. The van der Waals surface area contributed by atoms with Crippen molar-refractivity contribution in [1.29, 1.82) is 0 Å². The Hall–Kier alpha value is -2.57. The van der Waals surface area contributed by atoms with Crippen molar-refractivity contribution in [3.8, 4) is 5.75 Å². The Kier molecular flexibility index (Phi) is 8.09. The van der Waals surface area contributed by atoms with Crippen LogP contribution in [0.4, 0.5) is 4.79 Å². The summed E-state index contributed by atoms with van der Waals surface area (Å²) >= 11 is 0. The molecule has 7 heteroatoms. The molecular weight excluding hydrogens is 336 g/mol. The molecule has 26 heavy (non-hydrogen) atoms. The zero-order valence-electron chi connectivity index (χ0n) is 16.2. The van der Waals surface area contributed by atoms with Gasteiger partial charge < -0.3 is 14.8 Å². The van der Waals surface area contributed by atoms with Gasteiger partial charge in [0, 0.05) is 6.04 Å². The van der Waals surface area contributed by atoms with Gasteiger partial charge in [-0.25, -0.2) is 9.59 Å². The average molecular weight is 364 g/mol. The molecule has 0 aliphatic heterocycles. The first kappa shape index (κ1) is 21.5. The molecule has 0 spiro atoms. The zero-order chi connectivity index (χ0) is 19.9. The van der Waals surface area contributed by atoms with Crippen molar-refractivity contribution < 1.29 is 23.9 Å². The fourth-order valence-electron chi connectivity index (χ4n) is 2.18. The van der Waals surface area contributed by atoms with E-state index in [1.807, 2.05) is 39.0 Å². The summed E-state index contributed by atoms with van der Waals surface area (Å²) in [6.07, 6.45) is -1.11. The minimum absolute atomic E-state index is 0.112. The van der Waals surface area contributed by atoms with Gasteiger partial charge in [0.1, 0.15) is 5.75 Å². The molecule has 0 saturated carbocycles.